The standard InChI is InChI=1S/C25H22BrN3O5/c1-11-20(25(33)34-3)22-21-15(9-26)10-29(18(21)8-19(31)23(22)27-11)24(32)17-7-14-6-13(12(2)30)4-5-16(14)28-17/h4-8,15,27-28,31H,9-10H2,1-3H3. The van der Waals surface area contributed by atoms with Crippen LogP contribution in [-0.2, 0) is 4.74 Å². The minimum absolute atomic E-state index is 0.0488. The number of anilines is 1. The first-order valence-electron chi connectivity index (χ1n) is 10.7. The second-order valence-corrected chi connectivity index (χ2v) is 9.15. The van der Waals surface area contributed by atoms with Crippen molar-refractivity contribution in [3.05, 3.63) is 58.4 Å². The van der Waals surface area contributed by atoms with Gasteiger partial charge in [0.05, 0.1) is 23.9 Å². The van der Waals surface area contributed by atoms with Crippen molar-refractivity contribution in [2.45, 2.75) is 19.8 Å². The number of fused-ring (bicyclic) bond motifs is 4. The number of aromatic hydroxyl groups is 1. The topological polar surface area (TPSA) is 115 Å². The molecule has 4 aromatic rings. The summed E-state index contributed by atoms with van der Waals surface area (Å²) in [6.07, 6.45) is 0. The molecule has 5 rings (SSSR count). The van der Waals surface area contributed by atoms with Crippen LogP contribution < -0.4 is 4.90 Å². The van der Waals surface area contributed by atoms with Crippen molar-refractivity contribution in [3.63, 3.8) is 0 Å². The fraction of sp³-hybridized carbons (Fsp3) is 0.240. The van der Waals surface area contributed by atoms with Crippen molar-refractivity contribution in [3.8, 4) is 5.75 Å². The first kappa shape index (κ1) is 22.2. The number of methoxy groups -OCH3 is 1. The van der Waals surface area contributed by atoms with Crippen LogP contribution in [0.2, 0.25) is 0 Å². The molecule has 0 bridgehead atoms. The SMILES string of the molecule is COC(=O)c1c(C)[nH]c2c(O)cc3c(c12)C(CBr)CN3C(=O)c1cc2cc(C(C)=O)ccc2[nH]1. The first-order chi connectivity index (χ1) is 16.2. The summed E-state index contributed by atoms with van der Waals surface area (Å²) in [5.41, 5.74) is 4.42. The van der Waals surface area contributed by atoms with Gasteiger partial charge >= 0.3 is 5.97 Å². The van der Waals surface area contributed by atoms with Crippen molar-refractivity contribution in [1.82, 2.24) is 9.97 Å². The zero-order valence-electron chi connectivity index (χ0n) is 18.8. The minimum Gasteiger partial charge on any atom is -0.506 e. The highest BCUT2D eigenvalue weighted by atomic mass is 79.9. The third-order valence-electron chi connectivity index (χ3n) is 6.44. The molecule has 1 amide bonds. The van der Waals surface area contributed by atoms with E-state index in [1.54, 1.807) is 42.2 Å². The molecule has 9 heteroatoms. The minimum atomic E-state index is -0.508. The van der Waals surface area contributed by atoms with E-state index in [-0.39, 0.29) is 23.4 Å². The molecule has 0 saturated heterocycles. The van der Waals surface area contributed by atoms with Crippen molar-refractivity contribution in [1.29, 1.82) is 0 Å². The number of phenols is 1. The number of rotatable bonds is 4. The van der Waals surface area contributed by atoms with Gasteiger partial charge in [-0.2, -0.15) is 0 Å². The van der Waals surface area contributed by atoms with Crippen LogP contribution in [0.1, 0.15) is 55.3 Å². The second-order valence-electron chi connectivity index (χ2n) is 8.50. The van der Waals surface area contributed by atoms with Crippen LogP contribution in [0.3, 0.4) is 0 Å². The van der Waals surface area contributed by atoms with Crippen molar-refractivity contribution in [2.24, 2.45) is 0 Å². The van der Waals surface area contributed by atoms with Gasteiger partial charge in [0, 0.05) is 51.4 Å². The van der Waals surface area contributed by atoms with Crippen LogP contribution >= 0.6 is 15.9 Å². The van der Waals surface area contributed by atoms with Crippen LogP contribution in [0.15, 0.2) is 30.3 Å². The highest BCUT2D eigenvalue weighted by Crippen LogP contribution is 2.47. The Labute approximate surface area is 203 Å². The number of esters is 1. The number of benzene rings is 2. The van der Waals surface area contributed by atoms with Gasteiger partial charge in [0.2, 0.25) is 0 Å². The van der Waals surface area contributed by atoms with E-state index in [4.69, 9.17) is 4.74 Å². The number of halogens is 1. The van der Waals surface area contributed by atoms with Crippen LogP contribution in [-0.4, -0.2) is 51.7 Å². The Bertz CT molecular complexity index is 1520. The smallest absolute Gasteiger partial charge is 0.340 e. The number of aromatic nitrogens is 2. The largest absolute Gasteiger partial charge is 0.506 e. The summed E-state index contributed by atoms with van der Waals surface area (Å²) in [6, 6.07) is 8.54. The molecule has 3 N–H and O–H groups in total. The van der Waals surface area contributed by atoms with Crippen molar-refractivity contribution in [2.75, 3.05) is 23.9 Å². The highest BCUT2D eigenvalue weighted by Gasteiger charge is 2.37. The Morgan fingerprint density at radius 2 is 1.97 bits per heavy atom. The van der Waals surface area contributed by atoms with Gasteiger partial charge in [-0.05, 0) is 43.7 Å². The number of Topliss-reactive ketones (excluding diaryl/α,β-unsaturated/α-hetero) is 1. The zero-order chi connectivity index (χ0) is 24.3. The maximum absolute atomic E-state index is 13.6. The molecule has 1 atom stereocenters. The lowest BCUT2D eigenvalue weighted by Crippen LogP contribution is -2.30. The monoisotopic (exact) mass is 523 g/mol. The molecule has 0 fully saturated rings. The zero-order valence-corrected chi connectivity index (χ0v) is 20.4. The third kappa shape index (κ3) is 3.22. The summed E-state index contributed by atoms with van der Waals surface area (Å²) in [5.74, 6) is -0.980. The molecule has 0 aliphatic carbocycles. The molecule has 0 spiro atoms. The van der Waals surface area contributed by atoms with Gasteiger partial charge in [-0.3, -0.25) is 9.59 Å². The Hall–Kier alpha value is -3.59. The van der Waals surface area contributed by atoms with E-state index < -0.39 is 5.97 Å². The lowest BCUT2D eigenvalue weighted by molar-refractivity contribution is 0.0602. The molecular weight excluding hydrogens is 502 g/mol. The second kappa shape index (κ2) is 8.02. The Morgan fingerprint density at radius 3 is 2.65 bits per heavy atom. The Balaban J connectivity index is 1.66. The van der Waals surface area contributed by atoms with Gasteiger partial charge < -0.3 is 24.7 Å². The number of hydrogen-bond acceptors (Lipinski definition) is 5. The lowest BCUT2D eigenvalue weighted by Gasteiger charge is -2.17. The van der Waals surface area contributed by atoms with Gasteiger partial charge in [-0.15, -0.1) is 0 Å². The van der Waals surface area contributed by atoms with Crippen molar-refractivity contribution >= 4 is 61.1 Å². The molecule has 3 heterocycles. The van der Waals surface area contributed by atoms with E-state index in [0.29, 0.717) is 51.0 Å². The number of aromatic amines is 2. The number of hydrogen-bond donors (Lipinski definition) is 3. The number of ketones is 1. The normalized spacial score (nSPS) is 15.2. The van der Waals surface area contributed by atoms with Gasteiger partial charge in [0.1, 0.15) is 11.4 Å². The molecule has 0 saturated carbocycles. The van der Waals surface area contributed by atoms with Crippen molar-refractivity contribution < 1.29 is 24.2 Å². The number of H-pyrrole nitrogens is 2. The number of carbonyl (C=O) groups is 3. The number of aryl methyl sites for hydroxylation is 1. The summed E-state index contributed by atoms with van der Waals surface area (Å²) < 4.78 is 4.99. The number of carbonyl (C=O) groups excluding carboxylic acids is 3. The molecule has 174 valence electrons. The van der Waals surface area contributed by atoms with E-state index in [1.165, 1.54) is 14.0 Å². The van der Waals surface area contributed by atoms with Gasteiger partial charge in [0.15, 0.2) is 5.78 Å². The predicted octanol–water partition coefficient (Wildman–Crippen LogP) is 4.79. The fourth-order valence-corrected chi connectivity index (χ4v) is 5.36. The van der Waals surface area contributed by atoms with E-state index in [9.17, 15) is 19.5 Å². The summed E-state index contributed by atoms with van der Waals surface area (Å²) in [6.45, 7) is 3.62. The molecule has 1 aliphatic rings. The van der Waals surface area contributed by atoms with Crippen LogP contribution in [0.4, 0.5) is 5.69 Å². The molecule has 1 unspecified atom stereocenters. The molecule has 34 heavy (non-hydrogen) atoms. The predicted molar refractivity (Wildman–Crippen MR) is 133 cm³/mol. The Kier molecular flexibility index (Phi) is 5.24. The van der Waals surface area contributed by atoms with Gasteiger partial charge in [-0.25, -0.2) is 4.79 Å². The third-order valence-corrected chi connectivity index (χ3v) is 7.22. The molecular formula is C25H22BrN3O5. The van der Waals surface area contributed by atoms with E-state index in [1.807, 2.05) is 0 Å². The summed E-state index contributed by atoms with van der Waals surface area (Å²) in [5, 5.41) is 12.7. The maximum Gasteiger partial charge on any atom is 0.340 e. The highest BCUT2D eigenvalue weighted by molar-refractivity contribution is 9.09. The van der Waals surface area contributed by atoms with Crippen LogP contribution in [0.5, 0.6) is 5.75 Å². The van der Waals surface area contributed by atoms with Crippen LogP contribution in [0, 0.1) is 6.92 Å². The number of ether oxygens (including phenoxy) is 1. The number of nitrogens with one attached hydrogen (secondary N) is 2. The van der Waals surface area contributed by atoms with E-state index in [2.05, 4.69) is 25.9 Å². The summed E-state index contributed by atoms with van der Waals surface area (Å²) >= 11 is 3.55. The quantitative estimate of drug-likeness (QED) is 0.202. The average molecular weight is 524 g/mol. The average Bonchev–Trinajstić information content (AvgIpc) is 3.50. The van der Waals surface area contributed by atoms with Crippen LogP contribution in [0.25, 0.3) is 21.8 Å². The molecule has 2 aromatic carbocycles. The van der Waals surface area contributed by atoms with Gasteiger partial charge in [-0.1, -0.05) is 15.9 Å². The summed E-state index contributed by atoms with van der Waals surface area (Å²) in [7, 11) is 1.31. The fourth-order valence-electron chi connectivity index (χ4n) is 4.83. The van der Waals surface area contributed by atoms with E-state index >= 15 is 0 Å². The molecule has 8 nitrogen and oxygen atoms in total. The Morgan fingerprint density at radius 1 is 1.21 bits per heavy atom. The number of amides is 1. The molecule has 2 aromatic heterocycles. The molecule has 0 radical (unpaired) electrons. The van der Waals surface area contributed by atoms with Gasteiger partial charge in [0.25, 0.3) is 5.91 Å². The maximum atomic E-state index is 13.6. The van der Waals surface area contributed by atoms with E-state index in [0.717, 1.165) is 16.5 Å². The first-order valence-corrected chi connectivity index (χ1v) is 11.8. The lowest BCUT2D eigenvalue weighted by atomic mass is 9.96. The number of nitrogens with zero attached hydrogens (tertiary/aromatic N) is 1. The number of alkyl halides is 1. The number of phenolic OH excluding ortho intramolecular Hbond substituents is 1. The summed E-state index contributed by atoms with van der Waals surface area (Å²) in [4.78, 5) is 45.8. The molecule has 1 aliphatic heterocycles.